The largest absolute Gasteiger partial charge is 0.494 e. The Hall–Kier alpha value is -2.77. The van der Waals surface area contributed by atoms with Gasteiger partial charge in [-0.15, -0.1) is 0 Å². The van der Waals surface area contributed by atoms with Crippen molar-refractivity contribution in [3.05, 3.63) is 29.3 Å². The Bertz CT molecular complexity index is 741. The number of hydrogen-bond donors (Lipinski definition) is 2. The van der Waals surface area contributed by atoms with E-state index in [0.717, 1.165) is 11.1 Å². The lowest BCUT2D eigenvalue weighted by molar-refractivity contribution is -0.144. The van der Waals surface area contributed by atoms with Crippen LogP contribution in [0.25, 0.3) is 0 Å². The molecule has 1 unspecified atom stereocenters. The number of fused-ring (bicyclic) bond motifs is 1. The van der Waals surface area contributed by atoms with Crippen LogP contribution in [0, 0.1) is 5.92 Å². The molecule has 2 amide bonds. The third kappa shape index (κ3) is 7.63. The quantitative estimate of drug-likeness (QED) is 0.532. The van der Waals surface area contributed by atoms with Crippen LogP contribution in [0.4, 0.5) is 4.79 Å². The average molecular weight is 406 g/mol. The van der Waals surface area contributed by atoms with E-state index in [2.05, 4.69) is 15.4 Å². The first-order chi connectivity index (χ1) is 13.7. The Labute approximate surface area is 171 Å². The minimum absolute atomic E-state index is 0.0602. The van der Waals surface area contributed by atoms with Crippen LogP contribution in [0.2, 0.25) is 0 Å². The third-order valence-electron chi connectivity index (χ3n) is 4.37. The predicted molar refractivity (Wildman–Crippen MR) is 106 cm³/mol. The normalized spacial score (nSPS) is 16.1. The van der Waals surface area contributed by atoms with Crippen molar-refractivity contribution in [3.8, 4) is 5.75 Å². The van der Waals surface area contributed by atoms with E-state index >= 15 is 0 Å². The third-order valence-corrected chi connectivity index (χ3v) is 4.37. The van der Waals surface area contributed by atoms with E-state index < -0.39 is 23.6 Å². The van der Waals surface area contributed by atoms with Gasteiger partial charge in [0.05, 0.1) is 26.1 Å². The Morgan fingerprint density at radius 1 is 1.24 bits per heavy atom. The van der Waals surface area contributed by atoms with Crippen molar-refractivity contribution in [1.29, 1.82) is 0 Å². The van der Waals surface area contributed by atoms with E-state index in [1.54, 1.807) is 0 Å². The molecule has 0 aromatic heterocycles. The van der Waals surface area contributed by atoms with Crippen LogP contribution >= 0.6 is 0 Å². The molecule has 0 saturated carbocycles. The van der Waals surface area contributed by atoms with Crippen LogP contribution in [0.5, 0.6) is 5.75 Å². The standard InChI is InChI=1S/C21H30N2O6/c1-21(2,3)29-20(26)22-8-5-9-28-17-7-6-14-10-15(12-18(24)27-4)19(25)23-13-16(14)11-17/h6-7,11,15H,5,8-10,12-13H2,1-4H3,(H,22,26)(H,23,25). The van der Waals surface area contributed by atoms with Gasteiger partial charge in [-0.1, -0.05) is 6.07 Å². The highest BCUT2D eigenvalue weighted by atomic mass is 16.6. The highest BCUT2D eigenvalue weighted by Crippen LogP contribution is 2.25. The summed E-state index contributed by atoms with van der Waals surface area (Å²) < 4.78 is 15.6. The second-order valence-corrected chi connectivity index (χ2v) is 7.96. The molecular formula is C21H30N2O6. The number of carbonyl (C=O) groups is 3. The van der Waals surface area contributed by atoms with Crippen molar-refractivity contribution in [2.24, 2.45) is 5.92 Å². The number of hydrogen-bond acceptors (Lipinski definition) is 6. The van der Waals surface area contributed by atoms with E-state index in [1.807, 2.05) is 39.0 Å². The Morgan fingerprint density at radius 2 is 2.00 bits per heavy atom. The first-order valence-electron chi connectivity index (χ1n) is 9.74. The van der Waals surface area contributed by atoms with Crippen LogP contribution in [0.15, 0.2) is 18.2 Å². The summed E-state index contributed by atoms with van der Waals surface area (Å²) in [5.41, 5.74) is 1.46. The maximum Gasteiger partial charge on any atom is 0.407 e. The highest BCUT2D eigenvalue weighted by Gasteiger charge is 2.26. The van der Waals surface area contributed by atoms with Crippen LogP contribution in [0.3, 0.4) is 0 Å². The molecule has 1 aromatic rings. The van der Waals surface area contributed by atoms with Crippen molar-refractivity contribution < 1.29 is 28.6 Å². The predicted octanol–water partition coefficient (Wildman–Crippen LogP) is 2.33. The minimum Gasteiger partial charge on any atom is -0.494 e. The van der Waals surface area contributed by atoms with Crippen molar-refractivity contribution in [1.82, 2.24) is 10.6 Å². The molecule has 0 radical (unpaired) electrons. The molecule has 0 saturated heterocycles. The number of methoxy groups -OCH3 is 1. The summed E-state index contributed by atoms with van der Waals surface area (Å²) in [4.78, 5) is 35.3. The first kappa shape index (κ1) is 22.5. The van der Waals surface area contributed by atoms with E-state index in [4.69, 9.17) is 9.47 Å². The Balaban J connectivity index is 1.83. The molecule has 1 aliphatic heterocycles. The molecule has 8 heteroatoms. The van der Waals surface area contributed by atoms with Crippen LogP contribution in [0.1, 0.15) is 44.7 Å². The molecule has 1 heterocycles. The molecule has 1 aromatic carbocycles. The average Bonchev–Trinajstić information content (AvgIpc) is 2.79. The lowest BCUT2D eigenvalue weighted by atomic mass is 9.94. The Morgan fingerprint density at radius 3 is 2.69 bits per heavy atom. The summed E-state index contributed by atoms with van der Waals surface area (Å²) in [7, 11) is 1.32. The zero-order valence-corrected chi connectivity index (χ0v) is 17.5. The molecule has 29 heavy (non-hydrogen) atoms. The Kier molecular flexibility index (Phi) is 7.87. The van der Waals surface area contributed by atoms with Gasteiger partial charge < -0.3 is 24.8 Å². The van der Waals surface area contributed by atoms with Gasteiger partial charge in [0.25, 0.3) is 0 Å². The van der Waals surface area contributed by atoms with Gasteiger partial charge in [-0.25, -0.2) is 4.79 Å². The lowest BCUT2D eigenvalue weighted by Gasteiger charge is -2.19. The summed E-state index contributed by atoms with van der Waals surface area (Å²) >= 11 is 0. The van der Waals surface area contributed by atoms with Crippen molar-refractivity contribution >= 4 is 18.0 Å². The smallest absolute Gasteiger partial charge is 0.407 e. The molecule has 1 atom stereocenters. The second kappa shape index (κ2) is 10.1. The molecule has 0 aliphatic carbocycles. The summed E-state index contributed by atoms with van der Waals surface area (Å²) in [5, 5.41) is 5.54. The van der Waals surface area contributed by atoms with Gasteiger partial charge in [0, 0.05) is 13.1 Å². The van der Waals surface area contributed by atoms with E-state index in [9.17, 15) is 14.4 Å². The molecular weight excluding hydrogens is 376 g/mol. The molecule has 0 spiro atoms. The topological polar surface area (TPSA) is 103 Å². The fraction of sp³-hybridized carbons (Fsp3) is 0.571. The van der Waals surface area contributed by atoms with E-state index in [0.29, 0.717) is 38.3 Å². The lowest BCUT2D eigenvalue weighted by Crippen LogP contribution is -2.33. The number of rotatable bonds is 7. The zero-order chi connectivity index (χ0) is 21.4. The molecule has 1 aliphatic rings. The molecule has 0 fully saturated rings. The molecule has 2 rings (SSSR count). The summed E-state index contributed by atoms with van der Waals surface area (Å²) in [6, 6.07) is 5.68. The first-order valence-corrected chi connectivity index (χ1v) is 9.74. The summed E-state index contributed by atoms with van der Waals surface area (Å²) in [6.07, 6.45) is 0.731. The van der Waals surface area contributed by atoms with Gasteiger partial charge in [0.2, 0.25) is 5.91 Å². The van der Waals surface area contributed by atoms with Gasteiger partial charge in [0.1, 0.15) is 11.4 Å². The highest BCUT2D eigenvalue weighted by molar-refractivity contribution is 5.84. The van der Waals surface area contributed by atoms with Crippen LogP contribution in [-0.2, 0) is 32.0 Å². The number of ether oxygens (including phenoxy) is 3. The molecule has 160 valence electrons. The van der Waals surface area contributed by atoms with Gasteiger partial charge in [-0.05, 0) is 56.9 Å². The number of amides is 2. The number of carbonyl (C=O) groups excluding carboxylic acids is 3. The monoisotopic (exact) mass is 406 g/mol. The van der Waals surface area contributed by atoms with E-state index in [-0.39, 0.29) is 12.3 Å². The second-order valence-electron chi connectivity index (χ2n) is 7.96. The summed E-state index contributed by atoms with van der Waals surface area (Å²) in [5.74, 6) is -0.285. The summed E-state index contributed by atoms with van der Waals surface area (Å²) in [6.45, 7) is 6.72. The SMILES string of the molecule is COC(=O)CC1Cc2ccc(OCCCNC(=O)OC(C)(C)C)cc2CNC1=O. The van der Waals surface area contributed by atoms with Gasteiger partial charge >= 0.3 is 12.1 Å². The van der Waals surface area contributed by atoms with Crippen molar-refractivity contribution in [2.45, 2.75) is 52.2 Å². The molecule has 0 bridgehead atoms. The van der Waals surface area contributed by atoms with Crippen molar-refractivity contribution in [3.63, 3.8) is 0 Å². The molecule has 2 N–H and O–H groups in total. The number of benzene rings is 1. The fourth-order valence-corrected chi connectivity index (χ4v) is 2.96. The van der Waals surface area contributed by atoms with Crippen LogP contribution < -0.4 is 15.4 Å². The number of alkyl carbamates (subject to hydrolysis) is 1. The fourth-order valence-electron chi connectivity index (χ4n) is 2.96. The van der Waals surface area contributed by atoms with Crippen molar-refractivity contribution in [2.75, 3.05) is 20.3 Å². The molecule has 8 nitrogen and oxygen atoms in total. The maximum absolute atomic E-state index is 12.2. The van der Waals surface area contributed by atoms with E-state index in [1.165, 1.54) is 7.11 Å². The van der Waals surface area contributed by atoms with Crippen LogP contribution in [-0.4, -0.2) is 43.8 Å². The number of esters is 1. The van der Waals surface area contributed by atoms with Gasteiger partial charge in [0.15, 0.2) is 0 Å². The minimum atomic E-state index is -0.520. The maximum atomic E-state index is 12.2. The van der Waals surface area contributed by atoms with Gasteiger partial charge in [-0.2, -0.15) is 0 Å². The van der Waals surface area contributed by atoms with Gasteiger partial charge in [-0.3, -0.25) is 9.59 Å². The number of nitrogens with one attached hydrogen (secondary N) is 2. The zero-order valence-electron chi connectivity index (χ0n) is 17.5.